The Morgan fingerprint density at radius 1 is 1.31 bits per heavy atom. The van der Waals surface area contributed by atoms with Gasteiger partial charge in [0.2, 0.25) is 0 Å². The van der Waals surface area contributed by atoms with Crippen LogP contribution in [0.4, 0.5) is 0 Å². The summed E-state index contributed by atoms with van der Waals surface area (Å²) in [6.45, 7) is 3.99. The van der Waals surface area contributed by atoms with Crippen LogP contribution in [0.3, 0.4) is 0 Å². The van der Waals surface area contributed by atoms with Crippen LogP contribution in [-0.4, -0.2) is 13.1 Å². The molecular formula is C14H16O2. The van der Waals surface area contributed by atoms with Crippen LogP contribution in [0.1, 0.15) is 24.3 Å². The summed E-state index contributed by atoms with van der Waals surface area (Å²) in [5.41, 5.74) is 2.35. The summed E-state index contributed by atoms with van der Waals surface area (Å²) in [7, 11) is 1.45. The van der Waals surface area contributed by atoms with Gasteiger partial charge in [-0.25, -0.2) is 0 Å². The van der Waals surface area contributed by atoms with E-state index in [0.29, 0.717) is 0 Å². The first kappa shape index (κ1) is 10.9. The summed E-state index contributed by atoms with van der Waals surface area (Å²) in [5.74, 6) is 0.0635. The molecule has 0 bridgehead atoms. The maximum atomic E-state index is 11.7. The molecule has 0 aromatic heterocycles. The van der Waals surface area contributed by atoms with E-state index < -0.39 is 0 Å². The zero-order chi connectivity index (χ0) is 11.5. The number of methoxy groups -OCH3 is 1. The summed E-state index contributed by atoms with van der Waals surface area (Å²) in [5, 5.41) is 0. The van der Waals surface area contributed by atoms with Crippen LogP contribution >= 0.6 is 0 Å². The highest BCUT2D eigenvalue weighted by Gasteiger charge is 2.36. The molecule has 2 heteroatoms. The second-order valence-electron chi connectivity index (χ2n) is 4.31. The van der Waals surface area contributed by atoms with Gasteiger partial charge >= 0.3 is 5.97 Å². The molecule has 0 radical (unpaired) electrons. The van der Waals surface area contributed by atoms with Crippen molar-refractivity contribution >= 4 is 5.97 Å². The first-order chi connectivity index (χ1) is 7.72. The van der Waals surface area contributed by atoms with E-state index in [1.165, 1.54) is 12.7 Å². The molecule has 0 saturated heterocycles. The van der Waals surface area contributed by atoms with Gasteiger partial charge in [0.25, 0.3) is 0 Å². The fourth-order valence-corrected chi connectivity index (χ4v) is 2.44. The van der Waals surface area contributed by atoms with Gasteiger partial charge in [-0.3, -0.25) is 4.79 Å². The number of hydrogen-bond acceptors (Lipinski definition) is 2. The molecule has 16 heavy (non-hydrogen) atoms. The van der Waals surface area contributed by atoms with E-state index in [-0.39, 0.29) is 17.8 Å². The molecular weight excluding hydrogens is 200 g/mol. The minimum atomic E-state index is -0.118. The van der Waals surface area contributed by atoms with Crippen LogP contribution in [-0.2, 0) is 9.53 Å². The number of benzene rings is 1. The molecule has 2 atom stereocenters. The standard InChI is InChI=1S/C14H16O2/c1-10-8-12(11-6-4-3-5-7-11)13(9-10)14(15)16-2/h3-7,12-13H,1,8-9H2,2H3/t12-,13+/m1/s1. The van der Waals surface area contributed by atoms with E-state index in [9.17, 15) is 4.79 Å². The molecule has 2 nitrogen and oxygen atoms in total. The predicted octanol–water partition coefficient (Wildman–Crippen LogP) is 2.91. The van der Waals surface area contributed by atoms with Crippen LogP contribution in [0, 0.1) is 5.92 Å². The second-order valence-corrected chi connectivity index (χ2v) is 4.31. The molecule has 1 aromatic carbocycles. The average molecular weight is 216 g/mol. The third-order valence-electron chi connectivity index (χ3n) is 3.23. The van der Waals surface area contributed by atoms with Crippen molar-refractivity contribution in [2.24, 2.45) is 5.92 Å². The SMILES string of the molecule is C=C1C[C@H](C(=O)OC)[C@@H](c2ccccc2)C1. The monoisotopic (exact) mass is 216 g/mol. The maximum Gasteiger partial charge on any atom is 0.309 e. The van der Waals surface area contributed by atoms with Crippen LogP contribution in [0.2, 0.25) is 0 Å². The third kappa shape index (κ3) is 2.01. The van der Waals surface area contributed by atoms with Gasteiger partial charge < -0.3 is 4.74 Å². The number of carbonyl (C=O) groups excluding carboxylic acids is 1. The quantitative estimate of drug-likeness (QED) is 0.561. The Kier molecular flexibility index (Phi) is 3.09. The Bertz CT molecular complexity index is 394. The van der Waals surface area contributed by atoms with Crippen molar-refractivity contribution in [1.29, 1.82) is 0 Å². The van der Waals surface area contributed by atoms with Crippen molar-refractivity contribution in [3.05, 3.63) is 48.0 Å². The Balaban J connectivity index is 2.26. The lowest BCUT2D eigenvalue weighted by Gasteiger charge is -2.17. The molecule has 0 spiro atoms. The van der Waals surface area contributed by atoms with Gasteiger partial charge in [-0.05, 0) is 18.4 Å². The van der Waals surface area contributed by atoms with Gasteiger partial charge in [0.05, 0.1) is 13.0 Å². The zero-order valence-corrected chi connectivity index (χ0v) is 9.48. The number of carbonyl (C=O) groups is 1. The van der Waals surface area contributed by atoms with Crippen LogP contribution in [0.15, 0.2) is 42.5 Å². The molecule has 1 aliphatic rings. The molecule has 1 aromatic rings. The predicted molar refractivity (Wildman–Crippen MR) is 63.1 cm³/mol. The average Bonchev–Trinajstić information content (AvgIpc) is 2.71. The number of ether oxygens (including phenoxy) is 1. The fraction of sp³-hybridized carbons (Fsp3) is 0.357. The summed E-state index contributed by atoms with van der Waals surface area (Å²) in [4.78, 5) is 11.7. The molecule has 1 saturated carbocycles. The minimum Gasteiger partial charge on any atom is -0.469 e. The highest BCUT2D eigenvalue weighted by Crippen LogP contribution is 2.42. The van der Waals surface area contributed by atoms with Gasteiger partial charge in [-0.1, -0.05) is 42.5 Å². The summed E-state index contributed by atoms with van der Waals surface area (Å²) < 4.78 is 4.85. The Morgan fingerprint density at radius 3 is 2.62 bits per heavy atom. The molecule has 2 rings (SSSR count). The molecule has 0 unspecified atom stereocenters. The number of esters is 1. The lowest BCUT2D eigenvalue weighted by Crippen LogP contribution is -2.18. The number of rotatable bonds is 2. The molecule has 0 aliphatic heterocycles. The maximum absolute atomic E-state index is 11.7. The van der Waals surface area contributed by atoms with E-state index in [1.807, 2.05) is 18.2 Å². The van der Waals surface area contributed by atoms with Crippen LogP contribution in [0.25, 0.3) is 0 Å². The second kappa shape index (κ2) is 4.52. The molecule has 0 N–H and O–H groups in total. The largest absolute Gasteiger partial charge is 0.469 e. The van der Waals surface area contributed by atoms with Gasteiger partial charge in [0.1, 0.15) is 0 Å². The van der Waals surface area contributed by atoms with Crippen molar-refractivity contribution in [2.45, 2.75) is 18.8 Å². The first-order valence-electron chi connectivity index (χ1n) is 5.52. The van der Waals surface area contributed by atoms with Gasteiger partial charge in [0, 0.05) is 5.92 Å². The van der Waals surface area contributed by atoms with Crippen LogP contribution in [0.5, 0.6) is 0 Å². The molecule has 84 valence electrons. The van der Waals surface area contributed by atoms with E-state index in [2.05, 4.69) is 18.7 Å². The van der Waals surface area contributed by atoms with Crippen LogP contribution < -0.4 is 0 Å². The lowest BCUT2D eigenvalue weighted by molar-refractivity contribution is -0.145. The smallest absolute Gasteiger partial charge is 0.309 e. The van der Waals surface area contributed by atoms with Gasteiger partial charge in [0.15, 0.2) is 0 Å². The van der Waals surface area contributed by atoms with E-state index in [1.54, 1.807) is 0 Å². The minimum absolute atomic E-state index is 0.0556. The molecule has 1 fully saturated rings. The Morgan fingerprint density at radius 2 is 2.00 bits per heavy atom. The highest BCUT2D eigenvalue weighted by molar-refractivity contribution is 5.75. The number of allylic oxidation sites excluding steroid dienone is 1. The number of hydrogen-bond donors (Lipinski definition) is 0. The fourth-order valence-electron chi connectivity index (χ4n) is 2.44. The molecule has 0 amide bonds. The van der Waals surface area contributed by atoms with Crippen molar-refractivity contribution in [2.75, 3.05) is 7.11 Å². The Hall–Kier alpha value is -1.57. The van der Waals surface area contributed by atoms with Gasteiger partial charge in [-0.15, -0.1) is 0 Å². The van der Waals surface area contributed by atoms with Crippen molar-refractivity contribution < 1.29 is 9.53 Å². The third-order valence-corrected chi connectivity index (χ3v) is 3.23. The topological polar surface area (TPSA) is 26.3 Å². The zero-order valence-electron chi connectivity index (χ0n) is 9.48. The van der Waals surface area contributed by atoms with Crippen molar-refractivity contribution in [3.8, 4) is 0 Å². The highest BCUT2D eigenvalue weighted by atomic mass is 16.5. The first-order valence-corrected chi connectivity index (χ1v) is 5.52. The summed E-state index contributed by atoms with van der Waals surface area (Å²) >= 11 is 0. The lowest BCUT2D eigenvalue weighted by atomic mass is 9.89. The van der Waals surface area contributed by atoms with E-state index in [0.717, 1.165) is 18.4 Å². The van der Waals surface area contributed by atoms with Gasteiger partial charge in [-0.2, -0.15) is 0 Å². The summed E-state index contributed by atoms with van der Waals surface area (Å²) in [6.07, 6.45) is 1.65. The normalized spacial score (nSPS) is 24.4. The molecule has 0 heterocycles. The van der Waals surface area contributed by atoms with Crippen molar-refractivity contribution in [3.63, 3.8) is 0 Å². The van der Waals surface area contributed by atoms with E-state index >= 15 is 0 Å². The molecule has 1 aliphatic carbocycles. The van der Waals surface area contributed by atoms with E-state index in [4.69, 9.17) is 4.74 Å². The summed E-state index contributed by atoms with van der Waals surface area (Å²) in [6, 6.07) is 10.1. The Labute approximate surface area is 95.9 Å². The van der Waals surface area contributed by atoms with Crippen molar-refractivity contribution in [1.82, 2.24) is 0 Å².